The number of benzene rings is 2. The van der Waals surface area contributed by atoms with Crippen LogP contribution in [-0.4, -0.2) is 25.2 Å². The molecule has 0 unspecified atom stereocenters. The quantitative estimate of drug-likeness (QED) is 0.308. The van der Waals surface area contributed by atoms with E-state index in [2.05, 4.69) is 31.1 Å². The molecule has 1 aliphatic rings. The number of pyridine rings is 1. The predicted molar refractivity (Wildman–Crippen MR) is 151 cm³/mol. The Morgan fingerprint density at radius 2 is 1.72 bits per heavy atom. The van der Waals surface area contributed by atoms with Gasteiger partial charge in [0, 0.05) is 48.7 Å². The maximum absolute atomic E-state index is 15.4. The SMILES string of the molecule is CC(C)[C@H]1CC[C@H](C)C[C@H]1O[P@](=O)(c1ccc(N(C)C)cc1)[C@H](Nc1ccccc1)c1cccnc1. The third-order valence-electron chi connectivity index (χ3n) is 7.40. The lowest BCUT2D eigenvalue weighted by Crippen LogP contribution is -2.35. The fourth-order valence-corrected chi connectivity index (χ4v) is 7.88. The molecule has 4 rings (SSSR count). The summed E-state index contributed by atoms with van der Waals surface area (Å²) in [5.74, 6) is 0.824. The van der Waals surface area contributed by atoms with E-state index in [0.29, 0.717) is 17.8 Å². The first-order valence-corrected chi connectivity index (χ1v) is 14.7. The maximum Gasteiger partial charge on any atom is 0.258 e. The molecule has 1 N–H and O–H groups in total. The lowest BCUT2D eigenvalue weighted by molar-refractivity contribution is 0.0488. The Hall–Kier alpha value is -2.62. The Morgan fingerprint density at radius 1 is 1.00 bits per heavy atom. The van der Waals surface area contributed by atoms with E-state index in [-0.39, 0.29) is 6.10 Å². The highest BCUT2D eigenvalue weighted by molar-refractivity contribution is 7.67. The molecular formula is C30H40N3O2P. The zero-order chi connectivity index (χ0) is 25.7. The Balaban J connectivity index is 1.83. The van der Waals surface area contributed by atoms with Gasteiger partial charge in [-0.2, -0.15) is 0 Å². The zero-order valence-corrected chi connectivity index (χ0v) is 23.1. The maximum atomic E-state index is 15.4. The predicted octanol–water partition coefficient (Wildman–Crippen LogP) is 7.34. The summed E-state index contributed by atoms with van der Waals surface area (Å²) < 4.78 is 22.4. The molecule has 0 amide bonds. The van der Waals surface area contributed by atoms with Crippen LogP contribution in [0.3, 0.4) is 0 Å². The normalized spacial score (nSPS) is 22.6. The molecular weight excluding hydrogens is 465 g/mol. The fourth-order valence-electron chi connectivity index (χ4n) is 5.26. The summed E-state index contributed by atoms with van der Waals surface area (Å²) in [6.45, 7) is 6.80. The van der Waals surface area contributed by atoms with Gasteiger partial charge in [-0.3, -0.25) is 9.55 Å². The summed E-state index contributed by atoms with van der Waals surface area (Å²) in [7, 11) is 0.561. The van der Waals surface area contributed by atoms with Crippen molar-refractivity contribution in [3.05, 3.63) is 84.7 Å². The van der Waals surface area contributed by atoms with Crippen LogP contribution in [-0.2, 0) is 9.09 Å². The van der Waals surface area contributed by atoms with Gasteiger partial charge in [0.2, 0.25) is 0 Å². The molecule has 0 bridgehead atoms. The average molecular weight is 506 g/mol. The number of rotatable bonds is 9. The molecule has 0 aliphatic heterocycles. The van der Waals surface area contributed by atoms with Crippen molar-refractivity contribution in [1.82, 2.24) is 4.98 Å². The number of anilines is 2. The van der Waals surface area contributed by atoms with E-state index in [9.17, 15) is 0 Å². The van der Waals surface area contributed by atoms with Crippen LogP contribution in [0.2, 0.25) is 0 Å². The van der Waals surface area contributed by atoms with Gasteiger partial charge in [-0.05, 0) is 73.1 Å². The van der Waals surface area contributed by atoms with E-state index in [1.165, 1.54) is 6.42 Å². The molecule has 1 aromatic heterocycles. The van der Waals surface area contributed by atoms with Gasteiger partial charge in [-0.1, -0.05) is 51.5 Å². The minimum atomic E-state index is -3.46. The van der Waals surface area contributed by atoms with Crippen molar-refractivity contribution in [2.24, 2.45) is 17.8 Å². The summed E-state index contributed by atoms with van der Waals surface area (Å²) in [5.41, 5.74) is 2.81. The van der Waals surface area contributed by atoms with E-state index in [1.807, 2.05) is 85.7 Å². The molecule has 2 aromatic carbocycles. The standard InChI is InChI=1S/C30H40N3O2P/c1-22(2)28-18-13-23(3)20-29(28)35-36(34,27-16-14-26(15-17-27)33(4)5)30(24-10-9-19-31-21-24)32-25-11-7-6-8-12-25/h6-12,14-17,19,21-23,28-30,32H,13,18,20H2,1-5H3/t23-,28+,29+,30-,36+/m0/s1. The van der Waals surface area contributed by atoms with Crippen LogP contribution in [0.25, 0.3) is 0 Å². The monoisotopic (exact) mass is 505 g/mol. The van der Waals surface area contributed by atoms with Crippen molar-refractivity contribution in [2.45, 2.75) is 51.9 Å². The Bertz CT molecular complexity index is 1140. The van der Waals surface area contributed by atoms with Crippen LogP contribution in [0, 0.1) is 17.8 Å². The van der Waals surface area contributed by atoms with Gasteiger partial charge in [0.1, 0.15) is 5.78 Å². The van der Waals surface area contributed by atoms with E-state index >= 15 is 4.57 Å². The van der Waals surface area contributed by atoms with Crippen molar-refractivity contribution in [3.8, 4) is 0 Å². The molecule has 36 heavy (non-hydrogen) atoms. The molecule has 1 heterocycles. The van der Waals surface area contributed by atoms with Crippen LogP contribution >= 0.6 is 7.37 Å². The summed E-state index contributed by atoms with van der Waals surface area (Å²) in [4.78, 5) is 6.42. The fraction of sp³-hybridized carbons (Fsp3) is 0.433. The molecule has 192 valence electrons. The summed E-state index contributed by atoms with van der Waals surface area (Å²) in [6.07, 6.45) is 6.70. The van der Waals surface area contributed by atoms with E-state index in [0.717, 1.165) is 35.1 Å². The summed E-state index contributed by atoms with van der Waals surface area (Å²) >= 11 is 0. The summed E-state index contributed by atoms with van der Waals surface area (Å²) in [5, 5.41) is 4.31. The van der Waals surface area contributed by atoms with Crippen molar-refractivity contribution >= 4 is 24.0 Å². The Morgan fingerprint density at radius 3 is 2.33 bits per heavy atom. The van der Waals surface area contributed by atoms with Crippen molar-refractivity contribution in [2.75, 3.05) is 24.3 Å². The minimum absolute atomic E-state index is 0.0650. The Labute approximate surface area is 216 Å². The second kappa shape index (κ2) is 11.6. The number of hydrogen-bond donors (Lipinski definition) is 1. The molecule has 5 atom stereocenters. The van der Waals surface area contributed by atoms with Crippen LogP contribution in [0.1, 0.15) is 51.4 Å². The van der Waals surface area contributed by atoms with Gasteiger partial charge in [-0.25, -0.2) is 0 Å². The molecule has 6 heteroatoms. The van der Waals surface area contributed by atoms with Crippen molar-refractivity contribution in [1.29, 1.82) is 0 Å². The molecule has 3 aromatic rings. The van der Waals surface area contributed by atoms with Crippen LogP contribution in [0.4, 0.5) is 11.4 Å². The van der Waals surface area contributed by atoms with Gasteiger partial charge in [-0.15, -0.1) is 0 Å². The molecule has 1 fully saturated rings. The smallest absolute Gasteiger partial charge is 0.258 e. The third-order valence-corrected chi connectivity index (χ3v) is 10.1. The molecule has 5 nitrogen and oxygen atoms in total. The minimum Gasteiger partial charge on any atom is -0.378 e. The highest BCUT2D eigenvalue weighted by atomic mass is 31.2. The lowest BCUT2D eigenvalue weighted by atomic mass is 9.75. The van der Waals surface area contributed by atoms with Gasteiger partial charge in [0.05, 0.1) is 6.10 Å². The third kappa shape index (κ3) is 6.02. The number of para-hydroxylation sites is 1. The van der Waals surface area contributed by atoms with E-state index in [1.54, 1.807) is 12.4 Å². The van der Waals surface area contributed by atoms with Gasteiger partial charge in [0.25, 0.3) is 7.37 Å². The Kier molecular flexibility index (Phi) is 8.54. The van der Waals surface area contributed by atoms with E-state index in [4.69, 9.17) is 4.52 Å². The first-order valence-electron chi connectivity index (χ1n) is 13.1. The largest absolute Gasteiger partial charge is 0.378 e. The highest BCUT2D eigenvalue weighted by Crippen LogP contribution is 2.61. The number of aromatic nitrogens is 1. The van der Waals surface area contributed by atoms with E-state index < -0.39 is 13.2 Å². The zero-order valence-electron chi connectivity index (χ0n) is 22.2. The number of nitrogens with zero attached hydrogens (tertiary/aromatic N) is 2. The first kappa shape index (κ1) is 26.4. The van der Waals surface area contributed by atoms with Gasteiger partial charge < -0.3 is 14.7 Å². The average Bonchev–Trinajstić information content (AvgIpc) is 2.88. The highest BCUT2D eigenvalue weighted by Gasteiger charge is 2.43. The number of nitrogens with one attached hydrogen (secondary N) is 1. The molecule has 1 saturated carbocycles. The molecule has 0 radical (unpaired) electrons. The molecule has 1 aliphatic carbocycles. The topological polar surface area (TPSA) is 54.5 Å². The summed E-state index contributed by atoms with van der Waals surface area (Å²) in [6, 6.07) is 21.8. The first-order chi connectivity index (χ1) is 17.3. The number of hydrogen-bond acceptors (Lipinski definition) is 5. The molecule has 0 saturated heterocycles. The van der Waals surface area contributed by atoms with Crippen LogP contribution < -0.4 is 15.5 Å². The van der Waals surface area contributed by atoms with Gasteiger partial charge in [0.15, 0.2) is 0 Å². The van der Waals surface area contributed by atoms with Crippen molar-refractivity contribution in [3.63, 3.8) is 0 Å². The van der Waals surface area contributed by atoms with Crippen LogP contribution in [0.15, 0.2) is 79.1 Å². The van der Waals surface area contributed by atoms with Crippen LogP contribution in [0.5, 0.6) is 0 Å². The lowest BCUT2D eigenvalue weighted by Gasteiger charge is -2.41. The second-order valence-electron chi connectivity index (χ2n) is 10.7. The van der Waals surface area contributed by atoms with Crippen molar-refractivity contribution < 1.29 is 9.09 Å². The molecule has 0 spiro atoms. The second-order valence-corrected chi connectivity index (χ2v) is 13.1. The van der Waals surface area contributed by atoms with Gasteiger partial charge >= 0.3 is 0 Å².